The number of nitrogens with one attached hydrogen (secondary N) is 1. The highest BCUT2D eigenvalue weighted by Gasteiger charge is 2.35. The third-order valence-electron chi connectivity index (χ3n) is 4.23. The van der Waals surface area contributed by atoms with Crippen LogP contribution < -0.4 is 10.1 Å². The summed E-state index contributed by atoms with van der Waals surface area (Å²) < 4.78 is 5.24. The summed E-state index contributed by atoms with van der Waals surface area (Å²) in [5.74, 6) is 0.865. The molecule has 0 radical (unpaired) electrons. The summed E-state index contributed by atoms with van der Waals surface area (Å²) in [4.78, 5) is 23.0. The summed E-state index contributed by atoms with van der Waals surface area (Å²) in [6.45, 7) is 2.03. The lowest BCUT2D eigenvalue weighted by Crippen LogP contribution is -2.28. The van der Waals surface area contributed by atoms with Gasteiger partial charge in [-0.05, 0) is 47.2 Å². The number of fused-ring (bicyclic) bond motifs is 1. The minimum Gasteiger partial charge on any atom is -0.497 e. The van der Waals surface area contributed by atoms with Crippen LogP contribution >= 0.6 is 11.8 Å². The van der Waals surface area contributed by atoms with Crippen LogP contribution in [0.4, 0.5) is 4.79 Å². The van der Waals surface area contributed by atoms with Crippen LogP contribution in [0.2, 0.25) is 0 Å². The Balaban J connectivity index is 1.67. The maximum absolute atomic E-state index is 11.7. The normalized spacial score (nSPS) is 19.0. The fourth-order valence-electron chi connectivity index (χ4n) is 2.85. The number of methoxy groups -OCH3 is 1. The first-order valence-corrected chi connectivity index (χ1v) is 8.53. The first kappa shape index (κ1) is 15.9. The van der Waals surface area contributed by atoms with E-state index in [1.807, 2.05) is 19.1 Å². The Morgan fingerprint density at radius 3 is 2.61 bits per heavy atom. The summed E-state index contributed by atoms with van der Waals surface area (Å²) in [5, 5.41) is 4.20. The van der Waals surface area contributed by atoms with E-state index in [4.69, 9.17) is 4.74 Å². The summed E-state index contributed by atoms with van der Waals surface area (Å²) >= 11 is 1.11. The number of hydrogen-bond acceptors (Lipinski definition) is 4. The van der Waals surface area contributed by atoms with Gasteiger partial charge >= 0.3 is 0 Å². The monoisotopic (exact) mass is 329 g/mol. The molecule has 1 saturated heterocycles. The molecule has 1 N–H and O–H groups in total. The smallest absolute Gasteiger partial charge is 0.286 e. The van der Waals surface area contributed by atoms with E-state index in [0.717, 1.165) is 35.7 Å². The Kier molecular flexibility index (Phi) is 4.57. The Morgan fingerprint density at radius 1 is 1.17 bits per heavy atom. The van der Waals surface area contributed by atoms with Crippen molar-refractivity contribution in [3.63, 3.8) is 0 Å². The average molecular weight is 329 g/mol. The molecule has 3 rings (SSSR count). The van der Waals surface area contributed by atoms with Crippen molar-refractivity contribution < 1.29 is 14.3 Å². The number of rotatable bonds is 5. The van der Waals surface area contributed by atoms with E-state index >= 15 is 0 Å². The van der Waals surface area contributed by atoms with Crippen LogP contribution in [0.15, 0.2) is 36.4 Å². The second kappa shape index (κ2) is 6.62. The molecule has 1 fully saturated rings. The van der Waals surface area contributed by atoms with Gasteiger partial charge in [0, 0.05) is 0 Å². The highest BCUT2D eigenvalue weighted by Crippen LogP contribution is 2.29. The molecule has 2 atom stereocenters. The van der Waals surface area contributed by atoms with Gasteiger partial charge in [0.25, 0.3) is 5.24 Å². The molecule has 0 aromatic heterocycles. The summed E-state index contributed by atoms with van der Waals surface area (Å²) in [6, 6.07) is 12.4. The second-order valence-electron chi connectivity index (χ2n) is 5.88. The van der Waals surface area contributed by atoms with Gasteiger partial charge in [-0.25, -0.2) is 0 Å². The van der Waals surface area contributed by atoms with E-state index in [1.54, 1.807) is 7.11 Å². The number of ether oxygens (including phenoxy) is 1. The van der Waals surface area contributed by atoms with Gasteiger partial charge in [-0.3, -0.25) is 14.9 Å². The molecule has 120 valence electrons. The SMILES string of the molecule is COc1ccc2cc(CCC(C)C3SC(=O)NC3=O)ccc2c1. The van der Waals surface area contributed by atoms with E-state index in [0.29, 0.717) is 0 Å². The Morgan fingerprint density at radius 2 is 1.91 bits per heavy atom. The third-order valence-corrected chi connectivity index (χ3v) is 5.48. The molecule has 1 heterocycles. The van der Waals surface area contributed by atoms with Crippen molar-refractivity contribution >= 4 is 33.7 Å². The maximum atomic E-state index is 11.7. The first-order valence-electron chi connectivity index (χ1n) is 7.65. The number of carbonyl (C=O) groups excluding carboxylic acids is 2. The molecular formula is C18H19NO3S. The van der Waals surface area contributed by atoms with E-state index < -0.39 is 0 Å². The van der Waals surface area contributed by atoms with Crippen molar-refractivity contribution in [1.29, 1.82) is 0 Å². The van der Waals surface area contributed by atoms with Gasteiger partial charge in [-0.2, -0.15) is 0 Å². The van der Waals surface area contributed by atoms with Crippen LogP contribution in [0, 0.1) is 5.92 Å². The molecule has 4 nitrogen and oxygen atoms in total. The number of aryl methyl sites for hydroxylation is 1. The molecule has 1 aliphatic heterocycles. The molecule has 0 saturated carbocycles. The van der Waals surface area contributed by atoms with Crippen LogP contribution in [0.25, 0.3) is 10.8 Å². The molecule has 0 bridgehead atoms. The van der Waals surface area contributed by atoms with Gasteiger partial charge in [0.2, 0.25) is 5.91 Å². The zero-order valence-electron chi connectivity index (χ0n) is 13.2. The van der Waals surface area contributed by atoms with E-state index in [-0.39, 0.29) is 22.3 Å². The maximum Gasteiger partial charge on any atom is 0.286 e. The van der Waals surface area contributed by atoms with Gasteiger partial charge in [0.05, 0.1) is 12.4 Å². The van der Waals surface area contributed by atoms with Crippen LogP contribution in [0.3, 0.4) is 0 Å². The predicted molar refractivity (Wildman–Crippen MR) is 92.9 cm³/mol. The lowest BCUT2D eigenvalue weighted by Gasteiger charge is -2.15. The summed E-state index contributed by atoms with van der Waals surface area (Å²) in [6.07, 6.45) is 1.77. The number of carbonyl (C=O) groups is 2. The Bertz CT molecular complexity index is 759. The average Bonchev–Trinajstić information content (AvgIpc) is 2.90. The van der Waals surface area contributed by atoms with Crippen LogP contribution in [0.1, 0.15) is 18.9 Å². The highest BCUT2D eigenvalue weighted by atomic mass is 32.2. The van der Waals surface area contributed by atoms with Crippen molar-refractivity contribution in [2.75, 3.05) is 7.11 Å². The van der Waals surface area contributed by atoms with Gasteiger partial charge < -0.3 is 4.74 Å². The zero-order chi connectivity index (χ0) is 16.4. The van der Waals surface area contributed by atoms with Gasteiger partial charge in [0.15, 0.2) is 0 Å². The van der Waals surface area contributed by atoms with Crippen molar-refractivity contribution in [2.45, 2.75) is 25.0 Å². The van der Waals surface area contributed by atoms with Crippen LogP contribution in [0.5, 0.6) is 5.75 Å². The molecule has 2 amide bonds. The summed E-state index contributed by atoms with van der Waals surface area (Å²) in [5.41, 5.74) is 1.24. The molecule has 0 aliphatic carbocycles. The van der Waals surface area contributed by atoms with E-state index in [1.165, 1.54) is 10.9 Å². The number of amides is 2. The van der Waals surface area contributed by atoms with Crippen LogP contribution in [-0.2, 0) is 11.2 Å². The lowest BCUT2D eigenvalue weighted by atomic mass is 9.96. The van der Waals surface area contributed by atoms with Crippen molar-refractivity contribution in [2.24, 2.45) is 5.92 Å². The number of imide groups is 1. The Hall–Kier alpha value is -2.01. The molecule has 2 aromatic rings. The van der Waals surface area contributed by atoms with Crippen molar-refractivity contribution in [1.82, 2.24) is 5.32 Å². The molecular weight excluding hydrogens is 310 g/mol. The highest BCUT2D eigenvalue weighted by molar-refractivity contribution is 8.15. The molecule has 5 heteroatoms. The van der Waals surface area contributed by atoms with Crippen molar-refractivity contribution in [3.8, 4) is 5.75 Å². The zero-order valence-corrected chi connectivity index (χ0v) is 14.0. The van der Waals surface area contributed by atoms with E-state index in [9.17, 15) is 9.59 Å². The van der Waals surface area contributed by atoms with Crippen molar-refractivity contribution in [3.05, 3.63) is 42.0 Å². The van der Waals surface area contributed by atoms with Gasteiger partial charge in [-0.1, -0.05) is 43.0 Å². The molecule has 0 spiro atoms. The predicted octanol–water partition coefficient (Wildman–Crippen LogP) is 3.77. The number of benzene rings is 2. The fraction of sp³-hybridized carbons (Fsp3) is 0.333. The molecule has 23 heavy (non-hydrogen) atoms. The van der Waals surface area contributed by atoms with Gasteiger partial charge in [-0.15, -0.1) is 0 Å². The van der Waals surface area contributed by atoms with E-state index in [2.05, 4.69) is 29.6 Å². The topological polar surface area (TPSA) is 55.4 Å². The second-order valence-corrected chi connectivity index (χ2v) is 6.99. The standard InChI is InChI=1S/C18H19NO3S/c1-11(16-17(20)19-18(21)23-16)3-4-12-5-6-14-10-15(22-2)8-7-13(14)9-12/h5-11,16H,3-4H2,1-2H3,(H,19,20,21). The van der Waals surface area contributed by atoms with Crippen LogP contribution in [-0.4, -0.2) is 23.5 Å². The minimum absolute atomic E-state index is 0.155. The first-order chi connectivity index (χ1) is 11.1. The quantitative estimate of drug-likeness (QED) is 0.907. The minimum atomic E-state index is -0.257. The molecule has 2 aromatic carbocycles. The van der Waals surface area contributed by atoms with Gasteiger partial charge in [0.1, 0.15) is 5.75 Å². The third kappa shape index (κ3) is 3.50. The molecule has 1 aliphatic rings. The largest absolute Gasteiger partial charge is 0.497 e. The number of thioether (sulfide) groups is 1. The number of hydrogen-bond donors (Lipinski definition) is 1. The fourth-order valence-corrected chi connectivity index (χ4v) is 3.77. The Labute approximate surface area is 139 Å². The lowest BCUT2D eigenvalue weighted by molar-refractivity contribution is -0.119. The summed E-state index contributed by atoms with van der Waals surface area (Å²) in [7, 11) is 1.67. The molecule has 2 unspecified atom stereocenters.